The van der Waals surface area contributed by atoms with Crippen molar-refractivity contribution in [2.45, 2.75) is 229 Å². The molecule has 1 N–H and O–H groups in total. The third-order valence-corrected chi connectivity index (χ3v) is 24.4. The van der Waals surface area contributed by atoms with Gasteiger partial charge in [-0.15, -0.1) is 0 Å². The SMILES string of the molecule is CCC(C)(C)C(=O)OC(C)C(F)(F)S(=O)(=O)[O-].CCC(C)(C)C(=O)OC1C2CC3C(=O)OC1C3O2.CCC(C)(C)C(=O)OC1C2CC3C1OC(=O)C3C2C(=O)OC(C)(C)C1CCc2ccccc21.CCC(C)(C)C(=O)Oc1cccc(=O)[nH]1.c1ccc([S+](c2ccccc2)c2ccccc2)cc1. The van der Waals surface area contributed by atoms with E-state index in [0.29, 0.717) is 45.4 Å². The minimum absolute atomic E-state index is 0.0146. The van der Waals surface area contributed by atoms with E-state index in [1.165, 1.54) is 45.7 Å². The quantitative estimate of drug-likeness (QED) is 0.0328. The molecule has 0 spiro atoms. The molecule has 4 aromatic carbocycles. The second-order valence-corrected chi connectivity index (χ2v) is 33.5. The second kappa shape index (κ2) is 32.1. The smallest absolute Gasteiger partial charge is 0.369 e. The van der Waals surface area contributed by atoms with E-state index >= 15 is 0 Å². The van der Waals surface area contributed by atoms with Gasteiger partial charge in [-0.2, -0.15) is 8.78 Å². The molecule has 3 aliphatic carbocycles. The van der Waals surface area contributed by atoms with E-state index in [2.05, 4.69) is 113 Å². The molecule has 1 aromatic heterocycles. The number of rotatable bonds is 20. The Hall–Kier alpha value is -7.80. The number of benzene rings is 4. The molecule has 13 atom stereocenters. The number of aromatic amines is 1. The predicted octanol–water partition coefficient (Wildman–Crippen LogP) is 13.2. The number of alkyl halides is 2. The lowest BCUT2D eigenvalue weighted by atomic mass is 9.78. The first-order valence-electron chi connectivity index (χ1n) is 34.9. The topological polar surface area (TPSA) is 283 Å². The lowest BCUT2D eigenvalue weighted by Crippen LogP contribution is -2.47. The molecular formula is C78H97F2NO19S2. The average Bonchev–Trinajstić information content (AvgIpc) is 1.56. The molecule has 7 aliphatic rings. The van der Waals surface area contributed by atoms with Gasteiger partial charge in [0.05, 0.1) is 56.4 Å². The Morgan fingerprint density at radius 2 is 1.07 bits per heavy atom. The van der Waals surface area contributed by atoms with Crippen molar-refractivity contribution in [2.24, 2.45) is 51.2 Å². The Morgan fingerprint density at radius 3 is 1.58 bits per heavy atom. The number of nitrogens with one attached hydrogen (secondary N) is 1. The first-order chi connectivity index (χ1) is 47.7. The number of halogens is 2. The van der Waals surface area contributed by atoms with Gasteiger partial charge in [-0.25, -0.2) is 8.42 Å². The van der Waals surface area contributed by atoms with Crippen LogP contribution in [0.15, 0.2) is 153 Å². The summed E-state index contributed by atoms with van der Waals surface area (Å²) in [5.41, 5.74) is -1.14. The summed E-state index contributed by atoms with van der Waals surface area (Å²) in [6.45, 7) is 26.0. The minimum Gasteiger partial charge on any atom is -0.743 e. The van der Waals surface area contributed by atoms with Crippen molar-refractivity contribution >= 4 is 62.8 Å². The number of esters is 7. The van der Waals surface area contributed by atoms with E-state index in [4.69, 9.17) is 33.2 Å². The first-order valence-corrected chi connectivity index (χ1v) is 37.5. The molecule has 12 rings (SSSR count). The zero-order valence-corrected chi connectivity index (χ0v) is 62.3. The van der Waals surface area contributed by atoms with Crippen molar-refractivity contribution in [1.29, 1.82) is 0 Å². The summed E-state index contributed by atoms with van der Waals surface area (Å²) >= 11 is 0. The van der Waals surface area contributed by atoms with Gasteiger partial charge in [-0.1, -0.05) is 113 Å². The Labute approximate surface area is 599 Å². The fourth-order valence-electron chi connectivity index (χ4n) is 13.1. The predicted molar refractivity (Wildman–Crippen MR) is 373 cm³/mol. The highest BCUT2D eigenvalue weighted by atomic mass is 32.2. The normalized spacial score (nSPS) is 24.5. The van der Waals surface area contributed by atoms with Crippen LogP contribution < -0.4 is 10.3 Å². The van der Waals surface area contributed by atoms with Gasteiger partial charge in [0.15, 0.2) is 43.1 Å². The Bertz CT molecular complexity index is 3880. The number of carbonyl (C=O) groups excluding carboxylic acids is 7. The van der Waals surface area contributed by atoms with Crippen molar-refractivity contribution in [3.05, 3.63) is 155 Å². The molecule has 0 radical (unpaired) electrons. The molecule has 2 saturated carbocycles. The fourth-order valence-corrected chi connectivity index (χ4v) is 15.6. The van der Waals surface area contributed by atoms with Gasteiger partial charge in [0, 0.05) is 23.8 Å². The Balaban J connectivity index is 0.000000168. The van der Waals surface area contributed by atoms with Crippen LogP contribution in [0.1, 0.15) is 166 Å². The van der Waals surface area contributed by atoms with Gasteiger partial charge < -0.3 is 42.4 Å². The number of carbonyl (C=O) groups is 7. The second-order valence-electron chi connectivity index (χ2n) is 30.0. The summed E-state index contributed by atoms with van der Waals surface area (Å²) in [6, 6.07) is 44.9. The maximum atomic E-state index is 13.6. The van der Waals surface area contributed by atoms with Crippen LogP contribution >= 0.6 is 0 Å². The summed E-state index contributed by atoms with van der Waals surface area (Å²) in [4.78, 5) is 103. The molecule has 13 unspecified atom stereocenters. The van der Waals surface area contributed by atoms with Gasteiger partial charge in [0.25, 0.3) is 5.56 Å². The number of hydrogen-bond acceptors (Lipinski definition) is 19. The van der Waals surface area contributed by atoms with Crippen LogP contribution in [0.25, 0.3) is 0 Å². The third-order valence-electron chi connectivity index (χ3n) is 21.1. The summed E-state index contributed by atoms with van der Waals surface area (Å²) in [7, 11) is -5.87. The first kappa shape index (κ1) is 79.9. The summed E-state index contributed by atoms with van der Waals surface area (Å²) in [6.07, 6.45) is 0.999. The van der Waals surface area contributed by atoms with Crippen LogP contribution in [0.2, 0.25) is 0 Å². The summed E-state index contributed by atoms with van der Waals surface area (Å²) < 4.78 is 100. The molecule has 20 nitrogen and oxygen atoms in total. The molecule has 4 saturated heterocycles. The summed E-state index contributed by atoms with van der Waals surface area (Å²) in [5.74, 6) is -4.09. The van der Waals surface area contributed by atoms with Gasteiger partial charge >= 0.3 is 47.0 Å². The number of H-pyrrole nitrogens is 1. The van der Waals surface area contributed by atoms with Crippen LogP contribution in [0, 0.1) is 51.2 Å². The van der Waals surface area contributed by atoms with E-state index in [9.17, 15) is 60.1 Å². The number of fused-ring (bicyclic) bond motifs is 3. The van der Waals surface area contributed by atoms with Crippen LogP contribution in [0.3, 0.4) is 0 Å². The number of aromatic nitrogens is 1. The largest absolute Gasteiger partial charge is 0.743 e. The molecule has 24 heteroatoms. The highest BCUT2D eigenvalue weighted by Crippen LogP contribution is 2.60. The molecule has 102 heavy (non-hydrogen) atoms. The van der Waals surface area contributed by atoms with Crippen molar-refractivity contribution in [2.75, 3.05) is 0 Å². The minimum atomic E-state index is -5.86. The van der Waals surface area contributed by atoms with Crippen molar-refractivity contribution in [3.63, 3.8) is 0 Å². The fraction of sp³-hybridized carbons (Fsp3) is 0.538. The van der Waals surface area contributed by atoms with Crippen LogP contribution in [-0.2, 0) is 94.2 Å². The van der Waals surface area contributed by atoms with E-state index in [1.807, 2.05) is 74.4 Å². The number of pyridine rings is 1. The van der Waals surface area contributed by atoms with Crippen molar-refractivity contribution in [3.8, 4) is 5.88 Å². The summed E-state index contributed by atoms with van der Waals surface area (Å²) in [5, 5.41) is -4.63. The highest BCUT2D eigenvalue weighted by molar-refractivity contribution is 7.97. The van der Waals surface area contributed by atoms with Gasteiger partial charge in [-0.05, 0) is 181 Å². The molecule has 4 bridgehead atoms. The van der Waals surface area contributed by atoms with Gasteiger partial charge in [-0.3, -0.25) is 43.3 Å². The molecular weight excluding hydrogens is 1360 g/mol. The highest BCUT2D eigenvalue weighted by Gasteiger charge is 2.71. The van der Waals surface area contributed by atoms with Crippen LogP contribution in [0.4, 0.5) is 8.78 Å². The maximum absolute atomic E-state index is 13.6. The standard InChI is InChI=1S/C27H34O6.C18H15S.C13H18O5.C11H15NO3.C9H16F2O5S/c1-6-26(2,3)25(30)32-22-17-13-16-19(23(28)31-21(16)22)20(17)24(29)33-27(4,5)18-12-11-14-9-7-8-10-15(14)18;1-4-10-16(11-5-1)19(17-12-6-2-7-13-17)18-14-8-3-9-15-18;1-4-13(2,3)12(15)18-9-7-5-6-8(16-7)10(9)17-11(6)14;1-4-11(2,3)10(14)15-9-7-5-6-8(13)12-9;1-5-8(3,4)7(12)16-6(2)9(10,11)17(13,14)15/h7-10,16-22H,6,11-13H2,1-5H3;1-15H;6-10H,4-5H2,1-3H3;5-7H,4H2,1-3H3,(H,12,13);6H,5H2,1-4H3,(H,13,14,15)/q;+1;;;/p-1. The molecule has 554 valence electrons. The maximum Gasteiger partial charge on any atom is 0.369 e. The number of aryl methyl sites for hydroxylation is 1. The van der Waals surface area contributed by atoms with Crippen LogP contribution in [-0.4, -0.2) is 113 Å². The molecule has 0 amide bonds. The lowest BCUT2D eigenvalue weighted by Gasteiger charge is -2.36. The molecule has 6 fully saturated rings. The number of ether oxygens (including phenoxy) is 8. The molecule has 5 heterocycles. The van der Waals surface area contributed by atoms with Gasteiger partial charge in [0.2, 0.25) is 5.88 Å². The zero-order chi connectivity index (χ0) is 75.2. The van der Waals surface area contributed by atoms with E-state index in [0.717, 1.165) is 12.8 Å². The Morgan fingerprint density at radius 1 is 0.588 bits per heavy atom. The Kier molecular flexibility index (Phi) is 25.1. The van der Waals surface area contributed by atoms with Crippen LogP contribution in [0.5, 0.6) is 5.88 Å². The van der Waals surface area contributed by atoms with E-state index in [-0.39, 0.29) is 94.0 Å². The molecule has 4 aliphatic heterocycles. The van der Waals surface area contributed by atoms with Crippen molar-refractivity contribution < 1.29 is 93.2 Å². The van der Waals surface area contributed by atoms with E-state index in [1.54, 1.807) is 32.9 Å². The molecule has 5 aromatic rings. The lowest BCUT2D eigenvalue weighted by molar-refractivity contribution is -0.178. The van der Waals surface area contributed by atoms with Crippen molar-refractivity contribution in [1.82, 2.24) is 4.98 Å². The third kappa shape index (κ3) is 17.7. The monoisotopic (exact) mass is 1450 g/mol. The zero-order valence-electron chi connectivity index (χ0n) is 60.7. The number of hydrogen-bond donors (Lipinski definition) is 1. The van der Waals surface area contributed by atoms with E-state index < -0.39 is 91.0 Å². The average molecular weight is 1450 g/mol. The van der Waals surface area contributed by atoms with Gasteiger partial charge in [0.1, 0.15) is 23.9 Å².